The normalized spacial score (nSPS) is 14.6. The molecule has 1 unspecified atom stereocenters. The number of aromatic nitrogens is 3. The first kappa shape index (κ1) is 30.5. The fraction of sp³-hybridized carbons (Fsp3) is 0.433. The minimum absolute atomic E-state index is 0.0102. The van der Waals surface area contributed by atoms with Gasteiger partial charge >= 0.3 is 5.97 Å². The molecule has 12 nitrogen and oxygen atoms in total. The lowest BCUT2D eigenvalue weighted by Crippen LogP contribution is -2.48. The van der Waals surface area contributed by atoms with E-state index < -0.39 is 17.8 Å². The van der Waals surface area contributed by atoms with Crippen molar-refractivity contribution < 1.29 is 29.7 Å². The summed E-state index contributed by atoms with van der Waals surface area (Å²) in [4.78, 5) is 40.2. The summed E-state index contributed by atoms with van der Waals surface area (Å²) in [7, 11) is 1.50. The molecule has 3 aromatic rings. The Morgan fingerprint density at radius 2 is 1.62 bits per heavy atom. The van der Waals surface area contributed by atoms with Crippen LogP contribution >= 0.6 is 0 Å². The van der Waals surface area contributed by atoms with Crippen molar-refractivity contribution >= 4 is 17.8 Å². The van der Waals surface area contributed by atoms with Crippen LogP contribution in [-0.4, -0.2) is 90.9 Å². The van der Waals surface area contributed by atoms with E-state index in [4.69, 9.17) is 5.11 Å². The molecular weight excluding hydrogens is 540 g/mol. The van der Waals surface area contributed by atoms with E-state index in [1.165, 1.54) is 13.1 Å². The first-order valence-corrected chi connectivity index (χ1v) is 14.1. The molecule has 224 valence electrons. The van der Waals surface area contributed by atoms with Crippen LogP contribution in [0.1, 0.15) is 61.3 Å². The molecule has 4 rings (SSSR count). The highest BCUT2D eigenvalue weighted by Gasteiger charge is 2.25. The number of carbonyl (C=O) groups is 3. The summed E-state index contributed by atoms with van der Waals surface area (Å²) < 4.78 is 1.58. The number of hydrogen-bond donors (Lipinski definition) is 4. The van der Waals surface area contributed by atoms with Crippen molar-refractivity contribution in [3.8, 4) is 28.6 Å². The van der Waals surface area contributed by atoms with Gasteiger partial charge in [-0.05, 0) is 41.7 Å². The zero-order valence-electron chi connectivity index (χ0n) is 24.4. The van der Waals surface area contributed by atoms with Crippen LogP contribution in [0.3, 0.4) is 0 Å². The SMILES string of the molecule is CNC(=O)c1nnc(-c2cc(C(C)C)c(O)cc2O)n1-c1ccc(CN2CCN(C(=O)CCC(C)C(=O)O)CC2)cc1. The summed E-state index contributed by atoms with van der Waals surface area (Å²) in [5, 5.41) is 41.0. The van der Waals surface area contributed by atoms with E-state index in [1.54, 1.807) is 22.5 Å². The first-order chi connectivity index (χ1) is 20.0. The summed E-state index contributed by atoms with van der Waals surface area (Å²) in [6.07, 6.45) is 0.570. The van der Waals surface area contributed by atoms with Gasteiger partial charge in [-0.3, -0.25) is 23.9 Å². The molecule has 2 heterocycles. The van der Waals surface area contributed by atoms with Crippen molar-refractivity contribution in [3.63, 3.8) is 0 Å². The third kappa shape index (κ3) is 6.71. The van der Waals surface area contributed by atoms with Gasteiger partial charge in [-0.15, -0.1) is 10.2 Å². The summed E-state index contributed by atoms with van der Waals surface area (Å²) in [5.74, 6) is -1.78. The molecule has 1 aromatic heterocycles. The van der Waals surface area contributed by atoms with E-state index >= 15 is 0 Å². The zero-order valence-corrected chi connectivity index (χ0v) is 24.4. The molecule has 42 heavy (non-hydrogen) atoms. The number of phenolic OH excluding ortho intramolecular Hbond substituents is 2. The lowest BCUT2D eigenvalue weighted by molar-refractivity contribution is -0.141. The molecule has 0 radical (unpaired) electrons. The van der Waals surface area contributed by atoms with Crippen LogP contribution < -0.4 is 5.32 Å². The Hall–Kier alpha value is -4.45. The third-order valence-corrected chi connectivity index (χ3v) is 7.64. The van der Waals surface area contributed by atoms with Crippen molar-refractivity contribution in [1.29, 1.82) is 0 Å². The second-order valence-electron chi connectivity index (χ2n) is 10.9. The standard InChI is InChI=1S/C30H38N6O6/c1-18(2)22-15-23(25(38)16-24(22)37)27-32-33-28(29(40)31-4)36(27)21-8-6-20(7-9-21)17-34-11-13-35(14-12-34)26(39)10-5-19(3)30(41)42/h6-9,15-16,18-19,37-38H,5,10-14,17H2,1-4H3,(H,31,40)(H,41,42). The molecule has 0 spiro atoms. The minimum Gasteiger partial charge on any atom is -0.508 e. The summed E-state index contributed by atoms with van der Waals surface area (Å²) in [6, 6.07) is 10.6. The number of carboxylic acid groups (broad SMARTS) is 1. The van der Waals surface area contributed by atoms with Gasteiger partial charge in [0.15, 0.2) is 5.82 Å². The molecule has 1 fully saturated rings. The highest BCUT2D eigenvalue weighted by Crippen LogP contribution is 2.38. The monoisotopic (exact) mass is 578 g/mol. The number of benzene rings is 2. The molecule has 1 atom stereocenters. The van der Waals surface area contributed by atoms with Gasteiger partial charge in [-0.2, -0.15) is 0 Å². The van der Waals surface area contributed by atoms with Crippen LogP contribution in [0.15, 0.2) is 36.4 Å². The average Bonchev–Trinajstić information content (AvgIpc) is 3.40. The number of phenols is 2. The highest BCUT2D eigenvalue weighted by atomic mass is 16.4. The number of hydrogen-bond acceptors (Lipinski definition) is 8. The number of nitrogens with zero attached hydrogens (tertiary/aromatic N) is 5. The topological polar surface area (TPSA) is 161 Å². The Labute approximate surface area is 244 Å². The van der Waals surface area contributed by atoms with E-state index in [9.17, 15) is 24.6 Å². The Morgan fingerprint density at radius 1 is 0.952 bits per heavy atom. The summed E-state index contributed by atoms with van der Waals surface area (Å²) >= 11 is 0. The number of aromatic hydroxyl groups is 2. The van der Waals surface area contributed by atoms with Gasteiger partial charge < -0.3 is 25.5 Å². The molecule has 2 aromatic carbocycles. The summed E-state index contributed by atoms with van der Waals surface area (Å²) in [6.45, 7) is 8.73. The van der Waals surface area contributed by atoms with Gasteiger partial charge in [0.1, 0.15) is 11.5 Å². The number of carboxylic acids is 1. The Kier molecular flexibility index (Phi) is 9.46. The van der Waals surface area contributed by atoms with Gasteiger partial charge in [0, 0.05) is 57.9 Å². The molecule has 1 aliphatic rings. The Morgan fingerprint density at radius 3 is 2.21 bits per heavy atom. The average molecular weight is 579 g/mol. The van der Waals surface area contributed by atoms with Crippen molar-refractivity contribution in [2.24, 2.45) is 5.92 Å². The number of nitrogens with one attached hydrogen (secondary N) is 1. The van der Waals surface area contributed by atoms with E-state index in [2.05, 4.69) is 20.4 Å². The predicted molar refractivity (Wildman–Crippen MR) is 155 cm³/mol. The van der Waals surface area contributed by atoms with Crippen LogP contribution in [0.5, 0.6) is 11.5 Å². The molecule has 0 bridgehead atoms. The number of carbonyl (C=O) groups excluding carboxylic acids is 2. The lowest BCUT2D eigenvalue weighted by Gasteiger charge is -2.35. The Bertz CT molecular complexity index is 1440. The zero-order chi connectivity index (χ0) is 30.6. The van der Waals surface area contributed by atoms with E-state index in [0.29, 0.717) is 56.0 Å². The Balaban J connectivity index is 1.50. The molecule has 1 aliphatic heterocycles. The van der Waals surface area contributed by atoms with Gasteiger partial charge in [0.25, 0.3) is 5.91 Å². The molecule has 2 amide bonds. The third-order valence-electron chi connectivity index (χ3n) is 7.64. The smallest absolute Gasteiger partial charge is 0.306 e. The first-order valence-electron chi connectivity index (χ1n) is 14.1. The maximum atomic E-state index is 12.7. The van der Waals surface area contributed by atoms with Gasteiger partial charge in [0.05, 0.1) is 11.5 Å². The van der Waals surface area contributed by atoms with E-state index in [-0.39, 0.29) is 41.4 Å². The molecule has 0 saturated carbocycles. The maximum Gasteiger partial charge on any atom is 0.306 e. The van der Waals surface area contributed by atoms with Gasteiger partial charge in [-0.25, -0.2) is 0 Å². The predicted octanol–water partition coefficient (Wildman–Crippen LogP) is 2.97. The lowest BCUT2D eigenvalue weighted by atomic mass is 9.98. The summed E-state index contributed by atoms with van der Waals surface area (Å²) in [5.41, 5.74) is 2.64. The minimum atomic E-state index is -0.886. The number of amides is 2. The van der Waals surface area contributed by atoms with Crippen LogP contribution in [-0.2, 0) is 16.1 Å². The largest absolute Gasteiger partial charge is 0.508 e. The highest BCUT2D eigenvalue weighted by molar-refractivity contribution is 5.92. The van der Waals surface area contributed by atoms with Crippen molar-refractivity contribution in [1.82, 2.24) is 29.9 Å². The van der Waals surface area contributed by atoms with Crippen LogP contribution in [0, 0.1) is 5.92 Å². The maximum absolute atomic E-state index is 12.7. The second-order valence-corrected chi connectivity index (χ2v) is 10.9. The molecule has 4 N–H and O–H groups in total. The van der Waals surface area contributed by atoms with Crippen molar-refractivity contribution in [3.05, 3.63) is 53.3 Å². The van der Waals surface area contributed by atoms with Gasteiger partial charge in [0.2, 0.25) is 11.7 Å². The number of rotatable bonds is 10. The molecule has 12 heteroatoms. The van der Waals surface area contributed by atoms with Crippen LogP contribution in [0.4, 0.5) is 0 Å². The van der Waals surface area contributed by atoms with Crippen molar-refractivity contribution in [2.75, 3.05) is 33.2 Å². The van der Waals surface area contributed by atoms with E-state index in [1.807, 2.05) is 38.1 Å². The quantitative estimate of drug-likeness (QED) is 0.283. The van der Waals surface area contributed by atoms with Gasteiger partial charge in [-0.1, -0.05) is 32.9 Å². The van der Waals surface area contributed by atoms with Crippen molar-refractivity contribution in [2.45, 2.75) is 46.1 Å². The van der Waals surface area contributed by atoms with Crippen LogP contribution in [0.2, 0.25) is 0 Å². The molecule has 1 saturated heterocycles. The fourth-order valence-electron chi connectivity index (χ4n) is 4.98. The number of piperazine rings is 1. The molecule has 0 aliphatic carbocycles. The van der Waals surface area contributed by atoms with Crippen LogP contribution in [0.25, 0.3) is 17.1 Å². The second kappa shape index (κ2) is 13.0. The number of aliphatic carboxylic acids is 1. The van der Waals surface area contributed by atoms with E-state index in [0.717, 1.165) is 5.56 Å². The molecular formula is C30H38N6O6. The fourth-order valence-corrected chi connectivity index (χ4v) is 4.98.